The van der Waals surface area contributed by atoms with Crippen LogP contribution in [0.3, 0.4) is 0 Å². The van der Waals surface area contributed by atoms with E-state index < -0.39 is 10.2 Å². The van der Waals surface area contributed by atoms with Crippen LogP contribution in [0.15, 0.2) is 24.3 Å². The highest BCUT2D eigenvalue weighted by Crippen LogP contribution is 2.26. The third kappa shape index (κ3) is 5.34. The van der Waals surface area contributed by atoms with Crippen LogP contribution in [0.25, 0.3) is 0 Å². The summed E-state index contributed by atoms with van der Waals surface area (Å²) in [5, 5.41) is 3.12. The summed E-state index contributed by atoms with van der Waals surface area (Å²) < 4.78 is 27.1. The molecule has 168 valence electrons. The molecule has 0 unspecified atom stereocenters. The average molecular weight is 437 g/mol. The second-order valence-corrected chi connectivity index (χ2v) is 11.1. The molecule has 0 aromatic heterocycles. The molecule has 1 aromatic rings. The lowest BCUT2D eigenvalue weighted by molar-refractivity contribution is -0.126. The largest absolute Gasteiger partial charge is 0.371 e. The Morgan fingerprint density at radius 2 is 1.73 bits per heavy atom. The molecule has 0 spiro atoms. The molecule has 0 saturated carbocycles. The van der Waals surface area contributed by atoms with Crippen LogP contribution in [0.5, 0.6) is 0 Å². The van der Waals surface area contributed by atoms with Gasteiger partial charge < -0.3 is 10.2 Å². The molecule has 0 bridgehead atoms. The molecule has 3 rings (SSSR count). The minimum Gasteiger partial charge on any atom is -0.371 e. The van der Waals surface area contributed by atoms with Crippen LogP contribution in [-0.2, 0) is 15.0 Å². The van der Waals surface area contributed by atoms with Crippen molar-refractivity contribution in [3.8, 4) is 0 Å². The Morgan fingerprint density at radius 1 is 1.10 bits per heavy atom. The van der Waals surface area contributed by atoms with Gasteiger partial charge in [-0.1, -0.05) is 19.1 Å². The summed E-state index contributed by atoms with van der Waals surface area (Å²) in [6.07, 6.45) is 3.65. The number of carbonyl (C=O) groups is 1. The molecular weight excluding hydrogens is 400 g/mol. The molecular formula is C22H36N4O3S. The zero-order chi connectivity index (χ0) is 21.9. The Labute approximate surface area is 181 Å². The number of amides is 1. The SMILES string of the molecule is C[C@@H]1CCCN(c2ccc([C@@H](C)NC(=O)C3CCN(S(=O)(=O)N(C)C)CC3)cc2)C1. The van der Waals surface area contributed by atoms with Gasteiger partial charge in [-0.15, -0.1) is 0 Å². The fraction of sp³-hybridized carbons (Fsp3) is 0.682. The monoisotopic (exact) mass is 436 g/mol. The topological polar surface area (TPSA) is 73.0 Å². The van der Waals surface area contributed by atoms with Crippen molar-refractivity contribution in [2.24, 2.45) is 11.8 Å². The van der Waals surface area contributed by atoms with Crippen LogP contribution >= 0.6 is 0 Å². The van der Waals surface area contributed by atoms with Crippen molar-refractivity contribution in [1.82, 2.24) is 13.9 Å². The van der Waals surface area contributed by atoms with Crippen LogP contribution in [0.4, 0.5) is 5.69 Å². The van der Waals surface area contributed by atoms with E-state index in [1.807, 2.05) is 6.92 Å². The van der Waals surface area contributed by atoms with Crippen molar-refractivity contribution < 1.29 is 13.2 Å². The third-order valence-corrected chi connectivity index (χ3v) is 8.33. The zero-order valence-corrected chi connectivity index (χ0v) is 19.5. The van der Waals surface area contributed by atoms with E-state index in [1.165, 1.54) is 41.2 Å². The summed E-state index contributed by atoms with van der Waals surface area (Å²) in [7, 11) is -0.332. The number of hydrogen-bond donors (Lipinski definition) is 1. The van der Waals surface area contributed by atoms with Crippen molar-refractivity contribution in [1.29, 1.82) is 0 Å². The second-order valence-electron chi connectivity index (χ2n) is 8.98. The molecule has 1 amide bonds. The number of carbonyl (C=O) groups excluding carboxylic acids is 1. The molecule has 2 fully saturated rings. The van der Waals surface area contributed by atoms with Gasteiger partial charge >= 0.3 is 0 Å². The second kappa shape index (κ2) is 9.66. The van der Waals surface area contributed by atoms with Crippen molar-refractivity contribution in [2.75, 3.05) is 45.2 Å². The predicted molar refractivity (Wildman–Crippen MR) is 121 cm³/mol. The lowest BCUT2D eigenvalue weighted by Gasteiger charge is -2.33. The number of nitrogens with one attached hydrogen (secondary N) is 1. The number of nitrogens with zero attached hydrogens (tertiary/aromatic N) is 3. The van der Waals surface area contributed by atoms with E-state index in [0.29, 0.717) is 25.9 Å². The third-order valence-electron chi connectivity index (χ3n) is 6.39. The molecule has 8 heteroatoms. The Hall–Kier alpha value is -1.64. The Bertz CT molecular complexity index is 817. The zero-order valence-electron chi connectivity index (χ0n) is 18.7. The van der Waals surface area contributed by atoms with Crippen molar-refractivity contribution in [2.45, 2.75) is 45.6 Å². The van der Waals surface area contributed by atoms with Crippen molar-refractivity contribution in [3.05, 3.63) is 29.8 Å². The summed E-state index contributed by atoms with van der Waals surface area (Å²) in [5.41, 5.74) is 2.34. The van der Waals surface area contributed by atoms with Gasteiger partial charge in [0.15, 0.2) is 0 Å². The van der Waals surface area contributed by atoms with Crippen LogP contribution in [0, 0.1) is 11.8 Å². The maximum Gasteiger partial charge on any atom is 0.281 e. The van der Waals surface area contributed by atoms with E-state index in [1.54, 1.807) is 0 Å². The van der Waals surface area contributed by atoms with E-state index in [-0.39, 0.29) is 17.9 Å². The molecule has 2 aliphatic rings. The highest BCUT2D eigenvalue weighted by molar-refractivity contribution is 7.86. The molecule has 2 saturated heterocycles. The first-order valence-electron chi connectivity index (χ1n) is 11.0. The Balaban J connectivity index is 1.52. The van der Waals surface area contributed by atoms with Gasteiger partial charge in [-0.05, 0) is 56.2 Å². The Kier molecular flexibility index (Phi) is 7.42. The first kappa shape index (κ1) is 23.0. The molecule has 1 aromatic carbocycles. The van der Waals surface area contributed by atoms with Gasteiger partial charge in [0.25, 0.3) is 10.2 Å². The smallest absolute Gasteiger partial charge is 0.281 e. The maximum absolute atomic E-state index is 12.7. The maximum atomic E-state index is 12.7. The summed E-state index contributed by atoms with van der Waals surface area (Å²) >= 11 is 0. The standard InChI is InChI=1S/C22H36N4O3S/c1-17-6-5-13-25(16-17)21-9-7-19(8-10-21)18(2)23-22(27)20-11-14-26(15-12-20)30(28,29)24(3)4/h7-10,17-18,20H,5-6,11-16H2,1-4H3,(H,23,27)/t17-,18-/m1/s1. The molecule has 30 heavy (non-hydrogen) atoms. The fourth-order valence-corrected chi connectivity index (χ4v) is 5.53. The molecule has 0 aliphatic carbocycles. The quantitative estimate of drug-likeness (QED) is 0.744. The van der Waals surface area contributed by atoms with Crippen LogP contribution < -0.4 is 10.2 Å². The normalized spacial score (nSPS) is 22.8. The number of anilines is 1. The number of piperidine rings is 2. The van der Waals surface area contributed by atoms with E-state index >= 15 is 0 Å². The van der Waals surface area contributed by atoms with Crippen LogP contribution in [0.2, 0.25) is 0 Å². The van der Waals surface area contributed by atoms with E-state index in [2.05, 4.69) is 41.4 Å². The molecule has 0 radical (unpaired) electrons. The number of rotatable bonds is 6. The average Bonchev–Trinajstić information content (AvgIpc) is 2.73. The lowest BCUT2D eigenvalue weighted by atomic mass is 9.96. The van der Waals surface area contributed by atoms with E-state index in [9.17, 15) is 13.2 Å². The van der Waals surface area contributed by atoms with Gasteiger partial charge in [-0.2, -0.15) is 17.0 Å². The van der Waals surface area contributed by atoms with Crippen LogP contribution in [0.1, 0.15) is 51.1 Å². The fourth-order valence-electron chi connectivity index (χ4n) is 4.39. The van der Waals surface area contributed by atoms with Gasteiger partial charge in [0.1, 0.15) is 0 Å². The van der Waals surface area contributed by atoms with Crippen molar-refractivity contribution in [3.63, 3.8) is 0 Å². The summed E-state index contributed by atoms with van der Waals surface area (Å²) in [6, 6.07) is 8.44. The minimum atomic E-state index is -3.40. The molecule has 2 heterocycles. The van der Waals surface area contributed by atoms with Gasteiger partial charge in [0.05, 0.1) is 6.04 Å². The Morgan fingerprint density at radius 3 is 2.30 bits per heavy atom. The minimum absolute atomic E-state index is 0.0123. The van der Waals surface area contributed by atoms with Gasteiger partial charge in [0, 0.05) is 51.9 Å². The number of benzene rings is 1. The van der Waals surface area contributed by atoms with Gasteiger partial charge in [-0.3, -0.25) is 4.79 Å². The molecule has 2 atom stereocenters. The summed E-state index contributed by atoms with van der Waals surface area (Å²) in [5.74, 6) is 0.601. The highest BCUT2D eigenvalue weighted by atomic mass is 32.2. The lowest BCUT2D eigenvalue weighted by Crippen LogP contribution is -2.47. The van der Waals surface area contributed by atoms with Gasteiger partial charge in [0.2, 0.25) is 5.91 Å². The van der Waals surface area contributed by atoms with Crippen LogP contribution in [-0.4, -0.2) is 63.2 Å². The molecule has 7 nitrogen and oxygen atoms in total. The van der Waals surface area contributed by atoms with Crippen molar-refractivity contribution >= 4 is 21.8 Å². The first-order valence-corrected chi connectivity index (χ1v) is 12.4. The summed E-state index contributed by atoms with van der Waals surface area (Å²) in [6.45, 7) is 7.29. The molecule has 2 aliphatic heterocycles. The number of hydrogen-bond acceptors (Lipinski definition) is 4. The van der Waals surface area contributed by atoms with E-state index in [0.717, 1.165) is 24.6 Å². The van der Waals surface area contributed by atoms with Gasteiger partial charge in [-0.25, -0.2) is 0 Å². The first-order chi connectivity index (χ1) is 14.2. The summed E-state index contributed by atoms with van der Waals surface area (Å²) in [4.78, 5) is 15.2. The highest BCUT2D eigenvalue weighted by Gasteiger charge is 2.32. The predicted octanol–water partition coefficient (Wildman–Crippen LogP) is 2.62. The molecule has 1 N–H and O–H groups in total. The van der Waals surface area contributed by atoms with E-state index in [4.69, 9.17) is 0 Å².